The molecule has 0 spiro atoms. The van der Waals surface area contributed by atoms with Crippen molar-refractivity contribution in [2.45, 2.75) is 25.8 Å². The van der Waals surface area contributed by atoms with E-state index in [2.05, 4.69) is 15.0 Å². The molecule has 0 bridgehead atoms. The molecule has 0 fully saturated rings. The van der Waals surface area contributed by atoms with Crippen molar-refractivity contribution in [2.75, 3.05) is 18.9 Å². The van der Waals surface area contributed by atoms with Gasteiger partial charge in [0.1, 0.15) is 5.65 Å². The van der Waals surface area contributed by atoms with Crippen molar-refractivity contribution < 1.29 is 8.42 Å². The van der Waals surface area contributed by atoms with Crippen LogP contribution in [0.3, 0.4) is 0 Å². The molecule has 2 N–H and O–H groups in total. The molecule has 0 aliphatic rings. The summed E-state index contributed by atoms with van der Waals surface area (Å²) in [6.45, 7) is 6.29. The lowest BCUT2D eigenvalue weighted by Crippen LogP contribution is -2.33. The second-order valence-electron chi connectivity index (χ2n) is 5.83. The second kappa shape index (κ2) is 5.06. The maximum Gasteiger partial charge on any atom is 0.260 e. The average molecular weight is 296 g/mol. The first-order chi connectivity index (χ1) is 9.24. The number of aromatic nitrogens is 2. The molecular formula is C13H20N4O2S. The molecular weight excluding hydrogens is 276 g/mol. The van der Waals surface area contributed by atoms with Gasteiger partial charge in [0.2, 0.25) is 0 Å². The van der Waals surface area contributed by atoms with Crippen LogP contribution < -0.4 is 10.0 Å². The molecule has 0 radical (unpaired) electrons. The van der Waals surface area contributed by atoms with E-state index < -0.39 is 10.0 Å². The minimum atomic E-state index is -3.63. The summed E-state index contributed by atoms with van der Waals surface area (Å²) in [7, 11) is -1.97. The van der Waals surface area contributed by atoms with Crippen LogP contribution in [0.2, 0.25) is 0 Å². The molecule has 110 valence electrons. The number of sulfonamides is 1. The fraction of sp³-hybridized carbons (Fsp3) is 0.462. The van der Waals surface area contributed by atoms with Crippen molar-refractivity contribution in [3.05, 3.63) is 24.4 Å². The zero-order chi connectivity index (χ0) is 15.0. The number of nitrogens with zero attached hydrogens (tertiary/aromatic N) is 2. The third kappa shape index (κ3) is 2.94. The van der Waals surface area contributed by atoms with Gasteiger partial charge >= 0.3 is 0 Å². The van der Waals surface area contributed by atoms with E-state index in [0.29, 0.717) is 18.0 Å². The molecule has 0 aliphatic carbocycles. The summed E-state index contributed by atoms with van der Waals surface area (Å²) < 4.78 is 29.2. The molecule has 0 atom stereocenters. The first-order valence-corrected chi connectivity index (χ1v) is 7.87. The zero-order valence-corrected chi connectivity index (χ0v) is 13.0. The highest BCUT2D eigenvalue weighted by Crippen LogP contribution is 2.23. The van der Waals surface area contributed by atoms with Gasteiger partial charge in [0.15, 0.2) is 10.8 Å². The van der Waals surface area contributed by atoms with Crippen LogP contribution >= 0.6 is 0 Å². The molecule has 0 saturated heterocycles. The normalized spacial score (nSPS) is 12.8. The van der Waals surface area contributed by atoms with Crippen LogP contribution in [0.15, 0.2) is 29.4 Å². The molecule has 2 aromatic heterocycles. The Labute approximate surface area is 119 Å². The van der Waals surface area contributed by atoms with Crippen molar-refractivity contribution in [1.82, 2.24) is 14.1 Å². The number of nitrogens with one attached hydrogen (secondary N) is 2. The van der Waals surface area contributed by atoms with Crippen LogP contribution in [-0.2, 0) is 10.0 Å². The maximum absolute atomic E-state index is 12.5. The molecule has 0 saturated carbocycles. The van der Waals surface area contributed by atoms with E-state index in [1.807, 2.05) is 26.8 Å². The van der Waals surface area contributed by atoms with Gasteiger partial charge in [-0.2, -0.15) is 0 Å². The van der Waals surface area contributed by atoms with Gasteiger partial charge < -0.3 is 5.32 Å². The van der Waals surface area contributed by atoms with Gasteiger partial charge in [-0.3, -0.25) is 4.40 Å². The first kappa shape index (κ1) is 14.8. The lowest BCUT2D eigenvalue weighted by atomic mass is 9.98. The number of pyridine rings is 1. The Morgan fingerprint density at radius 3 is 2.60 bits per heavy atom. The van der Waals surface area contributed by atoms with E-state index in [1.165, 1.54) is 0 Å². The standard InChI is InChI=1S/C13H20N4O2S/c1-13(2,3)9-15-20(18,19)12-11(14-4)16-10-7-5-6-8-17(10)12/h5-8,14-15H,9H2,1-4H3. The fourth-order valence-corrected chi connectivity index (χ4v) is 3.35. The third-order valence-corrected chi connectivity index (χ3v) is 4.19. The van der Waals surface area contributed by atoms with Gasteiger partial charge in [-0.1, -0.05) is 26.8 Å². The summed E-state index contributed by atoms with van der Waals surface area (Å²) in [6.07, 6.45) is 1.69. The monoisotopic (exact) mass is 296 g/mol. The number of fused-ring (bicyclic) bond motifs is 1. The van der Waals surface area contributed by atoms with Crippen LogP contribution in [0.5, 0.6) is 0 Å². The van der Waals surface area contributed by atoms with Crippen molar-refractivity contribution in [2.24, 2.45) is 5.41 Å². The first-order valence-electron chi connectivity index (χ1n) is 6.39. The molecule has 6 nitrogen and oxygen atoms in total. The molecule has 20 heavy (non-hydrogen) atoms. The molecule has 0 aromatic carbocycles. The van der Waals surface area contributed by atoms with Crippen LogP contribution in [0, 0.1) is 5.41 Å². The van der Waals surface area contributed by atoms with E-state index in [9.17, 15) is 8.42 Å². The molecule has 0 unspecified atom stereocenters. The zero-order valence-electron chi connectivity index (χ0n) is 12.1. The Balaban J connectivity index is 2.50. The summed E-state index contributed by atoms with van der Waals surface area (Å²) in [5.41, 5.74) is 0.459. The SMILES string of the molecule is CNc1nc2ccccn2c1S(=O)(=O)NCC(C)(C)C. The fourth-order valence-electron chi connectivity index (χ4n) is 1.77. The summed E-state index contributed by atoms with van der Waals surface area (Å²) in [5, 5.41) is 2.98. The summed E-state index contributed by atoms with van der Waals surface area (Å²) >= 11 is 0. The summed E-state index contributed by atoms with van der Waals surface area (Å²) in [6, 6.07) is 5.36. The van der Waals surface area contributed by atoms with Crippen molar-refractivity contribution in [1.29, 1.82) is 0 Å². The van der Waals surface area contributed by atoms with Crippen LogP contribution in [0.1, 0.15) is 20.8 Å². The van der Waals surface area contributed by atoms with Crippen molar-refractivity contribution in [3.8, 4) is 0 Å². The Morgan fingerprint density at radius 1 is 1.30 bits per heavy atom. The molecule has 2 rings (SSSR count). The molecule has 2 aromatic rings. The highest BCUT2D eigenvalue weighted by molar-refractivity contribution is 7.89. The summed E-state index contributed by atoms with van der Waals surface area (Å²) in [4.78, 5) is 4.27. The highest BCUT2D eigenvalue weighted by Gasteiger charge is 2.26. The molecule has 0 aliphatic heterocycles. The van der Waals surface area contributed by atoms with Crippen LogP contribution in [0.4, 0.5) is 5.82 Å². The smallest absolute Gasteiger partial charge is 0.260 e. The van der Waals surface area contributed by atoms with Gasteiger partial charge in [0, 0.05) is 19.8 Å². The van der Waals surface area contributed by atoms with E-state index in [-0.39, 0.29) is 10.4 Å². The third-order valence-electron chi connectivity index (χ3n) is 2.77. The largest absolute Gasteiger partial charge is 0.371 e. The Morgan fingerprint density at radius 2 is 2.00 bits per heavy atom. The van der Waals surface area contributed by atoms with E-state index in [4.69, 9.17) is 0 Å². The molecule has 7 heteroatoms. The predicted molar refractivity (Wildman–Crippen MR) is 79.4 cm³/mol. The molecule has 0 amide bonds. The Kier molecular flexibility index (Phi) is 3.75. The minimum absolute atomic E-state index is 0.132. The topological polar surface area (TPSA) is 75.5 Å². The minimum Gasteiger partial charge on any atom is -0.371 e. The summed E-state index contributed by atoms with van der Waals surface area (Å²) in [5.74, 6) is 0.345. The van der Waals surface area contributed by atoms with Gasteiger partial charge in [0.25, 0.3) is 10.0 Å². The number of rotatable bonds is 4. The van der Waals surface area contributed by atoms with E-state index >= 15 is 0 Å². The predicted octanol–water partition coefficient (Wildman–Crippen LogP) is 1.70. The average Bonchev–Trinajstić information content (AvgIpc) is 2.75. The Bertz CT molecular complexity index is 714. The van der Waals surface area contributed by atoms with Gasteiger partial charge in [-0.05, 0) is 17.5 Å². The Hall–Kier alpha value is -1.60. The van der Waals surface area contributed by atoms with Crippen LogP contribution in [0.25, 0.3) is 5.65 Å². The van der Waals surface area contributed by atoms with Crippen molar-refractivity contribution >= 4 is 21.5 Å². The maximum atomic E-state index is 12.5. The molecule has 2 heterocycles. The van der Waals surface area contributed by atoms with Gasteiger partial charge in [0.05, 0.1) is 0 Å². The number of hydrogen-bond donors (Lipinski definition) is 2. The lowest BCUT2D eigenvalue weighted by Gasteiger charge is -2.18. The van der Waals surface area contributed by atoms with Gasteiger partial charge in [-0.15, -0.1) is 0 Å². The number of anilines is 1. The van der Waals surface area contributed by atoms with E-state index in [0.717, 1.165) is 0 Å². The quantitative estimate of drug-likeness (QED) is 0.900. The highest BCUT2D eigenvalue weighted by atomic mass is 32.2. The van der Waals surface area contributed by atoms with Gasteiger partial charge in [-0.25, -0.2) is 18.1 Å². The van der Waals surface area contributed by atoms with Crippen LogP contribution in [-0.4, -0.2) is 31.4 Å². The van der Waals surface area contributed by atoms with Crippen molar-refractivity contribution in [3.63, 3.8) is 0 Å². The second-order valence-corrected chi connectivity index (χ2v) is 7.51. The van der Waals surface area contributed by atoms with E-state index in [1.54, 1.807) is 29.8 Å². The number of hydrogen-bond acceptors (Lipinski definition) is 4. The number of imidazole rings is 1. The lowest BCUT2D eigenvalue weighted by molar-refractivity contribution is 0.407.